The molecule has 0 aliphatic carbocycles. The zero-order valence-corrected chi connectivity index (χ0v) is 22.6. The molecular formula is C40H22N2. The van der Waals surface area contributed by atoms with Gasteiger partial charge >= 0.3 is 0 Å². The van der Waals surface area contributed by atoms with Crippen LogP contribution in [0.15, 0.2) is 134 Å². The Bertz CT molecular complexity index is 2730. The van der Waals surface area contributed by atoms with Crippen molar-refractivity contribution in [2.45, 2.75) is 0 Å². The first-order valence-corrected chi connectivity index (χ1v) is 14.4. The summed E-state index contributed by atoms with van der Waals surface area (Å²) in [5.74, 6) is 0. The molecule has 0 bridgehead atoms. The van der Waals surface area contributed by atoms with Crippen molar-refractivity contribution < 1.29 is 0 Å². The lowest BCUT2D eigenvalue weighted by Gasteiger charge is -2.17. The fraction of sp³-hybridized carbons (Fsp3) is 0. The van der Waals surface area contributed by atoms with Crippen LogP contribution in [0.3, 0.4) is 0 Å². The number of hydrogen-bond acceptors (Lipinski definition) is 2. The monoisotopic (exact) mass is 530 g/mol. The lowest BCUT2D eigenvalue weighted by atomic mass is 9.87. The van der Waals surface area contributed by atoms with Gasteiger partial charge in [-0.25, -0.2) is 4.98 Å². The van der Waals surface area contributed by atoms with Crippen molar-refractivity contribution in [3.05, 3.63) is 134 Å². The third-order valence-corrected chi connectivity index (χ3v) is 9.15. The van der Waals surface area contributed by atoms with Gasteiger partial charge in [0.05, 0.1) is 16.7 Å². The lowest BCUT2D eigenvalue weighted by Crippen LogP contribution is -1.91. The first kappa shape index (κ1) is 22.1. The van der Waals surface area contributed by atoms with E-state index in [9.17, 15) is 0 Å². The van der Waals surface area contributed by atoms with Gasteiger partial charge in [0, 0.05) is 22.5 Å². The van der Waals surface area contributed by atoms with Crippen LogP contribution in [0.1, 0.15) is 0 Å². The van der Waals surface area contributed by atoms with E-state index in [0.717, 1.165) is 33.1 Å². The second-order valence-corrected chi connectivity index (χ2v) is 11.4. The van der Waals surface area contributed by atoms with Gasteiger partial charge in [-0.05, 0) is 88.9 Å². The Labute approximate surface area is 240 Å². The van der Waals surface area contributed by atoms with E-state index in [1.54, 1.807) is 0 Å². The van der Waals surface area contributed by atoms with Gasteiger partial charge in [-0.2, -0.15) is 0 Å². The van der Waals surface area contributed by atoms with Gasteiger partial charge in [-0.1, -0.05) is 103 Å². The van der Waals surface area contributed by atoms with Crippen molar-refractivity contribution in [1.82, 2.24) is 9.97 Å². The Morgan fingerprint density at radius 2 is 0.857 bits per heavy atom. The molecule has 0 amide bonds. The summed E-state index contributed by atoms with van der Waals surface area (Å²) >= 11 is 0. The van der Waals surface area contributed by atoms with Crippen LogP contribution in [0.2, 0.25) is 0 Å². The maximum atomic E-state index is 5.24. The van der Waals surface area contributed by atoms with Crippen LogP contribution in [0.5, 0.6) is 0 Å². The molecule has 0 saturated heterocycles. The highest BCUT2D eigenvalue weighted by Gasteiger charge is 2.16. The molecule has 0 radical (unpaired) electrons. The SMILES string of the molecule is c1cnc2c(c1)ccc1ccc(-c3cc4ccc5cccc6c7cccc8ccc9cccc(c(c3)c4c56)c9c87)nc12. The Hall–Kier alpha value is -5.60. The summed E-state index contributed by atoms with van der Waals surface area (Å²) in [5.41, 5.74) is 3.95. The Kier molecular flexibility index (Phi) is 4.21. The maximum absolute atomic E-state index is 5.24. The molecule has 2 aromatic heterocycles. The molecular weight excluding hydrogens is 508 g/mol. The van der Waals surface area contributed by atoms with Crippen LogP contribution >= 0.6 is 0 Å². The van der Waals surface area contributed by atoms with Gasteiger partial charge in [0.15, 0.2) is 0 Å². The van der Waals surface area contributed by atoms with E-state index in [1.807, 2.05) is 12.3 Å². The molecule has 192 valence electrons. The fourth-order valence-electron chi connectivity index (χ4n) is 7.32. The van der Waals surface area contributed by atoms with E-state index >= 15 is 0 Å². The van der Waals surface area contributed by atoms with Gasteiger partial charge in [-0.3, -0.25) is 4.98 Å². The van der Waals surface area contributed by atoms with Crippen molar-refractivity contribution in [2.75, 3.05) is 0 Å². The van der Waals surface area contributed by atoms with Crippen molar-refractivity contribution in [3.63, 3.8) is 0 Å². The highest BCUT2D eigenvalue weighted by molar-refractivity contribution is 6.37. The Morgan fingerprint density at radius 3 is 1.52 bits per heavy atom. The third-order valence-electron chi connectivity index (χ3n) is 9.15. The molecule has 8 aromatic carbocycles. The summed E-state index contributed by atoms with van der Waals surface area (Å²) in [4.78, 5) is 9.94. The smallest absolute Gasteiger partial charge is 0.0972 e. The molecule has 2 nitrogen and oxygen atoms in total. The minimum absolute atomic E-state index is 0.940. The number of rotatable bonds is 1. The minimum atomic E-state index is 0.940. The van der Waals surface area contributed by atoms with Crippen LogP contribution in [-0.2, 0) is 0 Å². The molecule has 2 heterocycles. The molecule has 0 spiro atoms. The molecule has 0 saturated carbocycles. The van der Waals surface area contributed by atoms with E-state index in [1.165, 1.54) is 64.6 Å². The maximum Gasteiger partial charge on any atom is 0.0972 e. The van der Waals surface area contributed by atoms with Gasteiger partial charge in [-0.15, -0.1) is 0 Å². The third kappa shape index (κ3) is 2.88. The Morgan fingerprint density at radius 1 is 0.357 bits per heavy atom. The van der Waals surface area contributed by atoms with Crippen LogP contribution in [0.4, 0.5) is 0 Å². The molecule has 0 aliphatic heterocycles. The predicted octanol–water partition coefficient (Wildman–Crippen LogP) is 10.8. The molecule has 2 heteroatoms. The largest absolute Gasteiger partial charge is 0.254 e. The quantitative estimate of drug-likeness (QED) is 0.197. The van der Waals surface area contributed by atoms with E-state index in [2.05, 4.69) is 121 Å². The van der Waals surface area contributed by atoms with Crippen LogP contribution in [0, 0.1) is 0 Å². The normalized spacial score (nSPS) is 12.3. The first-order valence-electron chi connectivity index (χ1n) is 14.4. The highest BCUT2D eigenvalue weighted by Crippen LogP contribution is 2.44. The summed E-state index contributed by atoms with van der Waals surface area (Å²) in [6.07, 6.45) is 1.85. The molecule has 10 aromatic rings. The lowest BCUT2D eigenvalue weighted by molar-refractivity contribution is 1.37. The molecule has 0 atom stereocenters. The second-order valence-electron chi connectivity index (χ2n) is 11.4. The van der Waals surface area contributed by atoms with Gasteiger partial charge < -0.3 is 0 Å². The van der Waals surface area contributed by atoms with E-state index < -0.39 is 0 Å². The number of nitrogens with zero attached hydrogens (tertiary/aromatic N) is 2. The van der Waals surface area contributed by atoms with Gasteiger partial charge in [0.2, 0.25) is 0 Å². The molecule has 0 N–H and O–H groups in total. The van der Waals surface area contributed by atoms with Gasteiger partial charge in [0.25, 0.3) is 0 Å². The van der Waals surface area contributed by atoms with E-state index in [4.69, 9.17) is 9.97 Å². The molecule has 0 fully saturated rings. The first-order chi connectivity index (χ1) is 20.8. The molecule has 10 rings (SSSR count). The number of aromatic nitrogens is 2. The number of hydrogen-bond donors (Lipinski definition) is 0. The highest BCUT2D eigenvalue weighted by atomic mass is 14.7. The number of benzene rings is 7. The second kappa shape index (κ2) is 7.99. The summed E-state index contributed by atoms with van der Waals surface area (Å²) in [6.45, 7) is 0. The van der Waals surface area contributed by atoms with Crippen molar-refractivity contribution in [3.8, 4) is 11.3 Å². The minimum Gasteiger partial charge on any atom is -0.254 e. The predicted molar refractivity (Wildman–Crippen MR) is 179 cm³/mol. The van der Waals surface area contributed by atoms with E-state index in [0.29, 0.717) is 0 Å². The summed E-state index contributed by atoms with van der Waals surface area (Å²) < 4.78 is 0. The molecule has 0 unspecified atom stereocenters. The van der Waals surface area contributed by atoms with Crippen LogP contribution < -0.4 is 0 Å². The Balaban J connectivity index is 1.44. The van der Waals surface area contributed by atoms with Crippen LogP contribution in [-0.4, -0.2) is 9.97 Å². The average molecular weight is 531 g/mol. The average Bonchev–Trinajstić information content (AvgIpc) is 3.05. The van der Waals surface area contributed by atoms with E-state index in [-0.39, 0.29) is 0 Å². The number of pyridine rings is 2. The fourth-order valence-corrected chi connectivity index (χ4v) is 7.32. The van der Waals surface area contributed by atoms with Crippen molar-refractivity contribution in [1.29, 1.82) is 0 Å². The topological polar surface area (TPSA) is 25.8 Å². The molecule has 0 aliphatic rings. The van der Waals surface area contributed by atoms with Gasteiger partial charge in [0.1, 0.15) is 0 Å². The zero-order valence-electron chi connectivity index (χ0n) is 22.6. The summed E-state index contributed by atoms with van der Waals surface area (Å²) in [6, 6.07) is 46.6. The zero-order chi connectivity index (χ0) is 27.4. The van der Waals surface area contributed by atoms with Crippen molar-refractivity contribution >= 4 is 86.4 Å². The summed E-state index contributed by atoms with van der Waals surface area (Å²) in [5, 5.41) is 17.6. The van der Waals surface area contributed by atoms with Crippen LogP contribution in [0.25, 0.3) is 97.7 Å². The standard InChI is InChI=1S/C40H22N2/c1-5-23-12-13-24-7-3-11-32-33-22-29(34-19-18-27-16-15-26-8-4-20-41-39(26)40(27)42-34)21-28-17-14-25-6-2-10-31(36(25)38(28)33)30(9-1)35(23)37(24)32/h1-22H. The molecule has 42 heavy (non-hydrogen) atoms. The summed E-state index contributed by atoms with van der Waals surface area (Å²) in [7, 11) is 0. The van der Waals surface area contributed by atoms with Crippen molar-refractivity contribution in [2.24, 2.45) is 0 Å². The number of fused-ring (bicyclic) bond motifs is 5.